The first-order chi connectivity index (χ1) is 9.52. The van der Waals surface area contributed by atoms with Gasteiger partial charge in [-0.15, -0.1) is 0 Å². The lowest BCUT2D eigenvalue weighted by Gasteiger charge is -2.39. The molecule has 0 heterocycles. The van der Waals surface area contributed by atoms with E-state index in [0.29, 0.717) is 17.8 Å². The van der Waals surface area contributed by atoms with Gasteiger partial charge in [0.05, 0.1) is 8.07 Å². The van der Waals surface area contributed by atoms with Gasteiger partial charge in [-0.2, -0.15) is 0 Å². The molecule has 0 aromatic heterocycles. The molecule has 0 amide bonds. The summed E-state index contributed by atoms with van der Waals surface area (Å²) in [4.78, 5) is 0. The number of ether oxygens (including phenoxy) is 1. The van der Waals surface area contributed by atoms with Gasteiger partial charge in [0.25, 0.3) is 0 Å². The lowest BCUT2D eigenvalue weighted by molar-refractivity contribution is 0.364. The van der Waals surface area contributed by atoms with Crippen LogP contribution in [0.3, 0.4) is 0 Å². The molecule has 0 aliphatic rings. The Hall–Kier alpha value is -1.04. The Bertz CT molecular complexity index is 519. The summed E-state index contributed by atoms with van der Waals surface area (Å²) in [6.45, 7) is 17.3. The SMILES string of the molecule is C=CCOc1c(B(O)O)cc(C)cc1[Si](C)(C)C(C)(C)C. The van der Waals surface area contributed by atoms with Gasteiger partial charge in [-0.05, 0) is 17.1 Å². The molecule has 1 aromatic carbocycles. The number of benzene rings is 1. The van der Waals surface area contributed by atoms with Crippen LogP contribution >= 0.6 is 0 Å². The van der Waals surface area contributed by atoms with E-state index >= 15 is 0 Å². The second-order valence-corrected chi connectivity index (χ2v) is 12.4. The standard InChI is InChI=1S/C16H27BO3Si/c1-8-9-20-15-13(17(18)19)10-12(2)11-14(15)21(6,7)16(3,4)5/h8,10-11,18-19H,1,9H2,2-7H3. The van der Waals surface area contributed by atoms with Crippen LogP contribution in [0, 0.1) is 6.92 Å². The maximum absolute atomic E-state index is 9.69. The van der Waals surface area contributed by atoms with Gasteiger partial charge in [0.1, 0.15) is 12.4 Å². The fourth-order valence-electron chi connectivity index (χ4n) is 2.16. The highest BCUT2D eigenvalue weighted by atomic mass is 28.3. The third-order valence-corrected chi connectivity index (χ3v) is 9.90. The Morgan fingerprint density at radius 2 is 1.86 bits per heavy atom. The van der Waals surface area contributed by atoms with Crippen LogP contribution < -0.4 is 15.4 Å². The summed E-state index contributed by atoms with van der Waals surface area (Å²) in [6.07, 6.45) is 1.67. The third kappa shape index (κ3) is 3.79. The van der Waals surface area contributed by atoms with Crippen molar-refractivity contribution in [3.63, 3.8) is 0 Å². The quantitative estimate of drug-likeness (QED) is 0.646. The molecule has 1 aromatic rings. The summed E-state index contributed by atoms with van der Waals surface area (Å²) >= 11 is 0. The van der Waals surface area contributed by atoms with E-state index in [9.17, 15) is 10.0 Å². The van der Waals surface area contributed by atoms with E-state index in [4.69, 9.17) is 4.74 Å². The van der Waals surface area contributed by atoms with Crippen molar-refractivity contribution in [1.29, 1.82) is 0 Å². The molecular weight excluding hydrogens is 279 g/mol. The van der Waals surface area contributed by atoms with E-state index < -0.39 is 15.2 Å². The maximum Gasteiger partial charge on any atom is 0.492 e. The van der Waals surface area contributed by atoms with Crippen LogP contribution in [0.5, 0.6) is 5.75 Å². The van der Waals surface area contributed by atoms with Gasteiger partial charge in [0, 0.05) is 5.46 Å². The molecule has 116 valence electrons. The summed E-state index contributed by atoms with van der Waals surface area (Å²) in [5.41, 5.74) is 1.46. The molecule has 0 atom stereocenters. The predicted molar refractivity (Wildman–Crippen MR) is 93.5 cm³/mol. The van der Waals surface area contributed by atoms with Gasteiger partial charge < -0.3 is 14.8 Å². The minimum atomic E-state index is -1.87. The molecule has 0 aliphatic heterocycles. The van der Waals surface area contributed by atoms with Gasteiger partial charge in [-0.25, -0.2) is 0 Å². The van der Waals surface area contributed by atoms with Crippen LogP contribution in [-0.4, -0.2) is 31.8 Å². The summed E-state index contributed by atoms with van der Waals surface area (Å²) in [6, 6.07) is 3.90. The number of hydrogen-bond acceptors (Lipinski definition) is 3. The summed E-state index contributed by atoms with van der Waals surface area (Å²) in [5, 5.41) is 20.6. The van der Waals surface area contributed by atoms with Gasteiger partial charge in [0.2, 0.25) is 0 Å². The van der Waals surface area contributed by atoms with Gasteiger partial charge >= 0.3 is 7.12 Å². The molecular formula is C16H27BO3Si. The molecule has 0 unspecified atom stereocenters. The van der Waals surface area contributed by atoms with Crippen molar-refractivity contribution >= 4 is 25.8 Å². The van der Waals surface area contributed by atoms with E-state index in [2.05, 4.69) is 46.5 Å². The largest absolute Gasteiger partial charge is 0.492 e. The van der Waals surface area contributed by atoms with Gasteiger partial charge in [-0.1, -0.05) is 64.2 Å². The van der Waals surface area contributed by atoms with Crippen LogP contribution in [0.15, 0.2) is 24.8 Å². The number of rotatable bonds is 5. The summed E-state index contributed by atoms with van der Waals surface area (Å²) < 4.78 is 5.81. The minimum Gasteiger partial charge on any atom is -0.490 e. The zero-order valence-electron chi connectivity index (χ0n) is 14.0. The van der Waals surface area contributed by atoms with Crippen LogP contribution in [0.4, 0.5) is 0 Å². The number of aryl methyl sites for hydroxylation is 1. The zero-order chi connectivity index (χ0) is 16.4. The van der Waals surface area contributed by atoms with Crippen LogP contribution in [0.1, 0.15) is 26.3 Å². The van der Waals surface area contributed by atoms with E-state index in [1.54, 1.807) is 12.1 Å². The Morgan fingerprint density at radius 1 is 1.29 bits per heavy atom. The number of hydrogen-bond donors (Lipinski definition) is 2. The molecule has 0 fully saturated rings. The molecule has 0 saturated carbocycles. The first-order valence-corrected chi connectivity index (χ1v) is 10.3. The second kappa shape index (κ2) is 6.38. The molecule has 2 N–H and O–H groups in total. The highest BCUT2D eigenvalue weighted by molar-refractivity contribution is 6.93. The highest BCUT2D eigenvalue weighted by Gasteiger charge is 2.40. The molecule has 0 spiro atoms. The molecule has 1 rings (SSSR count). The van der Waals surface area contributed by atoms with Crippen molar-refractivity contribution in [2.24, 2.45) is 0 Å². The topological polar surface area (TPSA) is 49.7 Å². The van der Waals surface area contributed by atoms with Crippen molar-refractivity contribution < 1.29 is 14.8 Å². The summed E-state index contributed by atoms with van der Waals surface area (Å²) in [7, 11) is -3.40. The molecule has 0 radical (unpaired) electrons. The van der Waals surface area contributed by atoms with Crippen LogP contribution in [0.2, 0.25) is 18.1 Å². The molecule has 0 bridgehead atoms. The van der Waals surface area contributed by atoms with E-state index in [0.717, 1.165) is 10.8 Å². The fourth-order valence-corrected chi connectivity index (χ4v) is 4.35. The smallest absolute Gasteiger partial charge is 0.490 e. The second-order valence-electron chi connectivity index (χ2n) is 7.08. The molecule has 0 aliphatic carbocycles. The van der Waals surface area contributed by atoms with Crippen molar-refractivity contribution in [2.75, 3.05) is 6.61 Å². The third-order valence-electron chi connectivity index (χ3n) is 4.43. The van der Waals surface area contributed by atoms with E-state index in [-0.39, 0.29) is 5.04 Å². The maximum atomic E-state index is 9.69. The first kappa shape index (κ1) is 18.0. The fraction of sp³-hybridized carbons (Fsp3) is 0.500. The average molecular weight is 306 g/mol. The van der Waals surface area contributed by atoms with Crippen LogP contribution in [0.25, 0.3) is 0 Å². The molecule has 3 nitrogen and oxygen atoms in total. The van der Waals surface area contributed by atoms with E-state index in [1.165, 1.54) is 0 Å². The average Bonchev–Trinajstić information content (AvgIpc) is 2.34. The lowest BCUT2D eigenvalue weighted by atomic mass is 9.79. The van der Waals surface area contributed by atoms with Crippen molar-refractivity contribution in [3.8, 4) is 5.75 Å². The minimum absolute atomic E-state index is 0.130. The molecule has 5 heteroatoms. The van der Waals surface area contributed by atoms with Gasteiger partial charge in [-0.3, -0.25) is 0 Å². The normalized spacial score (nSPS) is 12.2. The van der Waals surface area contributed by atoms with Gasteiger partial charge in [0.15, 0.2) is 0 Å². The first-order valence-electron chi connectivity index (χ1n) is 7.27. The van der Waals surface area contributed by atoms with Crippen molar-refractivity contribution in [3.05, 3.63) is 30.4 Å². The Balaban J connectivity index is 3.59. The lowest BCUT2D eigenvalue weighted by Crippen LogP contribution is -2.52. The zero-order valence-corrected chi connectivity index (χ0v) is 15.0. The Labute approximate surface area is 129 Å². The van der Waals surface area contributed by atoms with Crippen molar-refractivity contribution in [2.45, 2.75) is 45.8 Å². The molecule has 21 heavy (non-hydrogen) atoms. The predicted octanol–water partition coefficient (Wildman–Crippen LogP) is 1.96. The Morgan fingerprint density at radius 3 is 2.29 bits per heavy atom. The van der Waals surface area contributed by atoms with E-state index in [1.807, 2.05) is 6.92 Å². The Kier molecular flexibility index (Phi) is 5.47. The summed E-state index contributed by atoms with van der Waals surface area (Å²) in [5.74, 6) is 0.613. The van der Waals surface area contributed by atoms with Crippen LogP contribution in [-0.2, 0) is 0 Å². The monoisotopic (exact) mass is 306 g/mol. The highest BCUT2D eigenvalue weighted by Crippen LogP contribution is 2.37. The molecule has 0 saturated heterocycles. The van der Waals surface area contributed by atoms with Crippen molar-refractivity contribution in [1.82, 2.24) is 0 Å².